The largest absolute Gasteiger partial charge is 0.488 e. The summed E-state index contributed by atoms with van der Waals surface area (Å²) in [7, 11) is 0. The summed E-state index contributed by atoms with van der Waals surface area (Å²) in [5.74, 6) is 0.598. The van der Waals surface area contributed by atoms with Crippen molar-refractivity contribution >= 4 is 17.3 Å². The minimum Gasteiger partial charge on any atom is -0.488 e. The molecule has 0 aliphatic rings. The van der Waals surface area contributed by atoms with Crippen molar-refractivity contribution in [2.45, 2.75) is 13.0 Å². The van der Waals surface area contributed by atoms with Crippen LogP contribution in [0.2, 0.25) is 5.02 Å². The molecule has 2 aromatic carbocycles. The van der Waals surface area contributed by atoms with Crippen LogP contribution in [0.3, 0.4) is 0 Å². The smallest absolute Gasteiger partial charge is 0.276 e. The standard InChI is InChI=1S/C15H14ClNO4/c16-13-5-6-14(17(19)20)12(9-13)10-21-15-4-2-1-3-11(15)7-8-18/h1-6,9,18H,7-8,10H2. The summed E-state index contributed by atoms with van der Waals surface area (Å²) in [5.41, 5.74) is 1.23. The first kappa shape index (κ1) is 15.3. The molecule has 0 aliphatic heterocycles. The van der Waals surface area contributed by atoms with E-state index in [1.807, 2.05) is 18.2 Å². The van der Waals surface area contributed by atoms with Crippen LogP contribution >= 0.6 is 11.6 Å². The number of nitro benzene ring substituents is 1. The van der Waals surface area contributed by atoms with Gasteiger partial charge in [0.1, 0.15) is 12.4 Å². The monoisotopic (exact) mass is 307 g/mol. The Morgan fingerprint density at radius 2 is 1.95 bits per heavy atom. The van der Waals surface area contributed by atoms with Gasteiger partial charge in [0.15, 0.2) is 0 Å². The Balaban J connectivity index is 2.20. The van der Waals surface area contributed by atoms with E-state index in [0.717, 1.165) is 5.56 Å². The van der Waals surface area contributed by atoms with Crippen molar-refractivity contribution in [1.82, 2.24) is 0 Å². The van der Waals surface area contributed by atoms with Gasteiger partial charge in [0, 0.05) is 17.7 Å². The molecule has 0 unspecified atom stereocenters. The predicted molar refractivity (Wildman–Crippen MR) is 79.7 cm³/mol. The molecule has 21 heavy (non-hydrogen) atoms. The minimum absolute atomic E-state index is 0.0116. The summed E-state index contributed by atoms with van der Waals surface area (Å²) in [5, 5.41) is 20.4. The number of aliphatic hydroxyl groups is 1. The summed E-state index contributed by atoms with van der Waals surface area (Å²) in [6.45, 7) is 0.0526. The van der Waals surface area contributed by atoms with Crippen molar-refractivity contribution in [3.8, 4) is 5.75 Å². The first-order valence-electron chi connectivity index (χ1n) is 6.36. The Morgan fingerprint density at radius 3 is 2.67 bits per heavy atom. The molecule has 110 valence electrons. The van der Waals surface area contributed by atoms with Gasteiger partial charge in [-0.25, -0.2) is 0 Å². The van der Waals surface area contributed by atoms with Crippen LogP contribution in [0.15, 0.2) is 42.5 Å². The van der Waals surface area contributed by atoms with Crippen LogP contribution < -0.4 is 4.74 Å². The zero-order valence-corrected chi connectivity index (χ0v) is 11.9. The van der Waals surface area contributed by atoms with E-state index in [-0.39, 0.29) is 18.9 Å². The number of nitrogens with zero attached hydrogens (tertiary/aromatic N) is 1. The summed E-state index contributed by atoms with van der Waals surface area (Å²) < 4.78 is 5.65. The van der Waals surface area contributed by atoms with E-state index in [0.29, 0.717) is 22.8 Å². The number of hydrogen-bond donors (Lipinski definition) is 1. The lowest BCUT2D eigenvalue weighted by atomic mass is 10.1. The predicted octanol–water partition coefficient (Wildman–Crippen LogP) is 3.36. The molecular formula is C15H14ClNO4. The molecule has 5 nitrogen and oxygen atoms in total. The number of benzene rings is 2. The van der Waals surface area contributed by atoms with Crippen LogP contribution in [0.4, 0.5) is 5.69 Å². The van der Waals surface area contributed by atoms with Crippen molar-refractivity contribution in [2.24, 2.45) is 0 Å². The van der Waals surface area contributed by atoms with Crippen molar-refractivity contribution in [1.29, 1.82) is 0 Å². The van der Waals surface area contributed by atoms with Gasteiger partial charge in [-0.05, 0) is 30.2 Å². The normalized spacial score (nSPS) is 10.4. The Labute approximate surface area is 126 Å². The maximum Gasteiger partial charge on any atom is 0.276 e. The average molecular weight is 308 g/mol. The quantitative estimate of drug-likeness (QED) is 0.656. The second-order valence-corrected chi connectivity index (χ2v) is 4.84. The minimum atomic E-state index is -0.464. The second kappa shape index (κ2) is 7.06. The highest BCUT2D eigenvalue weighted by molar-refractivity contribution is 6.30. The van der Waals surface area contributed by atoms with Gasteiger partial charge >= 0.3 is 0 Å². The van der Waals surface area contributed by atoms with Gasteiger partial charge in [-0.2, -0.15) is 0 Å². The molecule has 1 N–H and O–H groups in total. The van der Waals surface area contributed by atoms with Gasteiger partial charge in [-0.3, -0.25) is 10.1 Å². The molecule has 0 aromatic heterocycles. The number of nitro groups is 1. The van der Waals surface area contributed by atoms with Gasteiger partial charge in [0.2, 0.25) is 0 Å². The molecule has 0 atom stereocenters. The van der Waals surface area contributed by atoms with Crippen LogP contribution in [0.25, 0.3) is 0 Å². The SMILES string of the molecule is O=[N+]([O-])c1ccc(Cl)cc1COc1ccccc1CCO. The third kappa shape index (κ3) is 3.93. The molecule has 2 aromatic rings. The lowest BCUT2D eigenvalue weighted by molar-refractivity contribution is -0.385. The van der Waals surface area contributed by atoms with Gasteiger partial charge in [-0.1, -0.05) is 29.8 Å². The fourth-order valence-corrected chi connectivity index (χ4v) is 2.17. The third-order valence-corrected chi connectivity index (χ3v) is 3.21. The van der Waals surface area contributed by atoms with Crippen LogP contribution in [-0.2, 0) is 13.0 Å². The maximum atomic E-state index is 11.0. The van der Waals surface area contributed by atoms with E-state index in [9.17, 15) is 10.1 Å². The van der Waals surface area contributed by atoms with Gasteiger partial charge in [-0.15, -0.1) is 0 Å². The van der Waals surface area contributed by atoms with Crippen molar-refractivity contribution in [3.05, 3.63) is 68.7 Å². The molecule has 0 saturated carbocycles. The lowest BCUT2D eigenvalue weighted by Crippen LogP contribution is -2.03. The zero-order chi connectivity index (χ0) is 15.2. The molecule has 2 rings (SSSR count). The van der Waals surface area contributed by atoms with E-state index in [4.69, 9.17) is 21.4 Å². The van der Waals surface area contributed by atoms with Crippen LogP contribution in [0, 0.1) is 10.1 Å². The Kier molecular flexibility index (Phi) is 5.14. The highest BCUT2D eigenvalue weighted by Crippen LogP contribution is 2.25. The van der Waals surface area contributed by atoms with Gasteiger partial charge < -0.3 is 9.84 Å². The first-order chi connectivity index (χ1) is 10.1. The molecule has 0 spiro atoms. The Morgan fingerprint density at radius 1 is 1.19 bits per heavy atom. The van der Waals surface area contributed by atoms with Crippen LogP contribution in [0.1, 0.15) is 11.1 Å². The Hall–Kier alpha value is -2.11. The van der Waals surface area contributed by atoms with Crippen LogP contribution in [-0.4, -0.2) is 16.6 Å². The number of para-hydroxylation sites is 1. The highest BCUT2D eigenvalue weighted by atomic mass is 35.5. The molecular weight excluding hydrogens is 294 g/mol. The summed E-state index contributed by atoms with van der Waals surface area (Å²) in [4.78, 5) is 10.5. The number of aliphatic hydroxyl groups excluding tert-OH is 1. The van der Waals surface area contributed by atoms with E-state index in [2.05, 4.69) is 0 Å². The number of rotatable bonds is 6. The van der Waals surface area contributed by atoms with Gasteiger partial charge in [0.05, 0.1) is 10.5 Å². The number of hydrogen-bond acceptors (Lipinski definition) is 4. The fraction of sp³-hybridized carbons (Fsp3) is 0.200. The van der Waals surface area contributed by atoms with Crippen molar-refractivity contribution in [3.63, 3.8) is 0 Å². The topological polar surface area (TPSA) is 72.6 Å². The maximum absolute atomic E-state index is 11.0. The summed E-state index contributed by atoms with van der Waals surface area (Å²) >= 11 is 5.87. The molecule has 0 fully saturated rings. The summed E-state index contributed by atoms with van der Waals surface area (Å²) in [6.07, 6.45) is 0.466. The fourth-order valence-electron chi connectivity index (χ4n) is 1.97. The van der Waals surface area contributed by atoms with Crippen LogP contribution in [0.5, 0.6) is 5.75 Å². The molecule has 0 bridgehead atoms. The van der Waals surface area contributed by atoms with E-state index in [1.165, 1.54) is 18.2 Å². The third-order valence-electron chi connectivity index (χ3n) is 2.98. The van der Waals surface area contributed by atoms with Crippen molar-refractivity contribution in [2.75, 3.05) is 6.61 Å². The molecule has 6 heteroatoms. The average Bonchev–Trinajstić information content (AvgIpc) is 2.46. The number of ether oxygens (including phenoxy) is 1. The number of halogens is 1. The Bertz CT molecular complexity index is 645. The second-order valence-electron chi connectivity index (χ2n) is 4.40. The van der Waals surface area contributed by atoms with E-state index < -0.39 is 4.92 Å². The molecule has 0 amide bonds. The summed E-state index contributed by atoms with van der Waals surface area (Å²) in [6, 6.07) is 11.6. The zero-order valence-electron chi connectivity index (χ0n) is 11.2. The molecule has 0 aliphatic carbocycles. The first-order valence-corrected chi connectivity index (χ1v) is 6.74. The molecule has 0 heterocycles. The van der Waals surface area contributed by atoms with E-state index in [1.54, 1.807) is 6.07 Å². The van der Waals surface area contributed by atoms with Crippen molar-refractivity contribution < 1.29 is 14.8 Å². The molecule has 0 saturated heterocycles. The van der Waals surface area contributed by atoms with Gasteiger partial charge in [0.25, 0.3) is 5.69 Å². The van der Waals surface area contributed by atoms with E-state index >= 15 is 0 Å². The highest BCUT2D eigenvalue weighted by Gasteiger charge is 2.15. The molecule has 0 radical (unpaired) electrons. The lowest BCUT2D eigenvalue weighted by Gasteiger charge is -2.11.